The third kappa shape index (κ3) is 4.04. The van der Waals surface area contributed by atoms with Gasteiger partial charge in [-0.2, -0.15) is 0 Å². The fraction of sp³-hybridized carbons (Fsp3) is 0.385. The van der Waals surface area contributed by atoms with Crippen LogP contribution in [-0.2, 0) is 9.59 Å². The van der Waals surface area contributed by atoms with Crippen LogP contribution in [0.2, 0.25) is 0 Å². The van der Waals surface area contributed by atoms with Gasteiger partial charge in [0.1, 0.15) is 6.04 Å². The van der Waals surface area contributed by atoms with Gasteiger partial charge in [0.15, 0.2) is 0 Å². The second kappa shape index (κ2) is 7.22. The number of carbonyl (C=O) groups is 3. The molecule has 1 atom stereocenters. The van der Waals surface area contributed by atoms with E-state index in [2.05, 4.69) is 4.98 Å². The summed E-state index contributed by atoms with van der Waals surface area (Å²) in [6.07, 6.45) is 2.74. The molecule has 0 radical (unpaired) electrons. The van der Waals surface area contributed by atoms with E-state index >= 15 is 0 Å². The van der Waals surface area contributed by atoms with Crippen molar-refractivity contribution in [1.82, 2.24) is 9.88 Å². The van der Waals surface area contributed by atoms with E-state index < -0.39 is 23.9 Å². The normalized spacial score (nSPS) is 11.7. The van der Waals surface area contributed by atoms with Crippen molar-refractivity contribution in [3.63, 3.8) is 0 Å². The molecule has 0 saturated carbocycles. The highest BCUT2D eigenvalue weighted by atomic mass is 16.4. The average molecular weight is 280 g/mol. The zero-order valence-corrected chi connectivity index (χ0v) is 11.0. The minimum absolute atomic E-state index is 0.151. The maximum absolute atomic E-state index is 12.3. The summed E-state index contributed by atoms with van der Waals surface area (Å²) in [5.41, 5.74) is 0.282. The smallest absolute Gasteiger partial charge is 0.326 e. The third-order valence-corrected chi connectivity index (χ3v) is 2.80. The molecule has 1 aromatic heterocycles. The number of pyridine rings is 1. The monoisotopic (exact) mass is 280 g/mol. The van der Waals surface area contributed by atoms with E-state index in [9.17, 15) is 14.4 Å². The number of rotatable bonds is 7. The number of carboxylic acids is 2. The highest BCUT2D eigenvalue weighted by Crippen LogP contribution is 2.12. The van der Waals surface area contributed by atoms with E-state index in [1.165, 1.54) is 24.5 Å². The Morgan fingerprint density at radius 1 is 1.25 bits per heavy atom. The van der Waals surface area contributed by atoms with Crippen molar-refractivity contribution in [3.05, 3.63) is 30.1 Å². The summed E-state index contributed by atoms with van der Waals surface area (Å²) in [6.45, 7) is 1.48. The molecule has 2 N–H and O–H groups in total. The van der Waals surface area contributed by atoms with Gasteiger partial charge in [0.25, 0.3) is 5.91 Å². The van der Waals surface area contributed by atoms with E-state index in [0.717, 1.165) is 4.90 Å². The molecule has 0 aliphatic rings. The Morgan fingerprint density at radius 2 is 1.85 bits per heavy atom. The van der Waals surface area contributed by atoms with Crippen LogP contribution >= 0.6 is 0 Å². The number of hydrogen-bond donors (Lipinski definition) is 2. The van der Waals surface area contributed by atoms with Crippen molar-refractivity contribution in [1.29, 1.82) is 0 Å². The summed E-state index contributed by atoms with van der Waals surface area (Å²) in [5.74, 6) is -2.75. The molecule has 0 bridgehead atoms. The number of aromatic nitrogens is 1. The number of carbonyl (C=O) groups excluding carboxylic acids is 1. The van der Waals surface area contributed by atoms with Gasteiger partial charge in [0.05, 0.1) is 6.42 Å². The molecule has 7 nitrogen and oxygen atoms in total. The van der Waals surface area contributed by atoms with E-state index in [0.29, 0.717) is 0 Å². The predicted octanol–water partition coefficient (Wildman–Crippen LogP) is 0.862. The van der Waals surface area contributed by atoms with Crippen LogP contribution in [0, 0.1) is 0 Å². The second-order valence-electron chi connectivity index (χ2n) is 4.14. The first-order chi connectivity index (χ1) is 9.47. The summed E-state index contributed by atoms with van der Waals surface area (Å²) in [4.78, 5) is 39.0. The summed E-state index contributed by atoms with van der Waals surface area (Å²) in [7, 11) is 0. The molecule has 0 aromatic carbocycles. The van der Waals surface area contributed by atoms with Gasteiger partial charge in [0, 0.05) is 24.5 Å². The van der Waals surface area contributed by atoms with Gasteiger partial charge in [0.2, 0.25) is 0 Å². The summed E-state index contributed by atoms with van der Waals surface area (Å²) in [5, 5.41) is 17.9. The number of nitrogens with zero attached hydrogens (tertiary/aromatic N) is 2. The average Bonchev–Trinajstić information content (AvgIpc) is 2.43. The van der Waals surface area contributed by atoms with Crippen molar-refractivity contribution in [3.8, 4) is 0 Å². The molecule has 1 heterocycles. The van der Waals surface area contributed by atoms with Gasteiger partial charge in [-0.15, -0.1) is 0 Å². The van der Waals surface area contributed by atoms with E-state index in [4.69, 9.17) is 10.2 Å². The molecule has 1 rings (SSSR count). The fourth-order valence-electron chi connectivity index (χ4n) is 1.80. The van der Waals surface area contributed by atoms with Crippen LogP contribution in [0.25, 0.3) is 0 Å². The highest BCUT2D eigenvalue weighted by molar-refractivity contribution is 5.96. The molecule has 0 fully saturated rings. The van der Waals surface area contributed by atoms with Crippen LogP contribution in [0.15, 0.2) is 24.5 Å². The molecule has 0 saturated heterocycles. The molecule has 0 aliphatic carbocycles. The van der Waals surface area contributed by atoms with Gasteiger partial charge >= 0.3 is 11.9 Å². The van der Waals surface area contributed by atoms with Crippen molar-refractivity contribution >= 4 is 17.8 Å². The lowest BCUT2D eigenvalue weighted by atomic mass is 10.1. The Kier molecular flexibility index (Phi) is 5.64. The molecule has 1 amide bonds. The lowest BCUT2D eigenvalue weighted by molar-refractivity contribution is -0.144. The molecule has 1 unspecified atom stereocenters. The van der Waals surface area contributed by atoms with Gasteiger partial charge in [-0.05, 0) is 18.6 Å². The SMILES string of the molecule is CCC(C(=O)O)N(CCC(=O)O)C(=O)c1ccncc1. The van der Waals surface area contributed by atoms with Gasteiger partial charge in [-0.3, -0.25) is 14.6 Å². The third-order valence-electron chi connectivity index (χ3n) is 2.80. The largest absolute Gasteiger partial charge is 0.481 e. The molecule has 0 spiro atoms. The Hall–Kier alpha value is -2.44. The summed E-state index contributed by atoms with van der Waals surface area (Å²) in [6, 6.07) is 1.88. The lowest BCUT2D eigenvalue weighted by Crippen LogP contribution is -2.45. The number of aliphatic carboxylic acids is 2. The Labute approximate surface area is 115 Å². The number of carboxylic acid groups (broad SMARTS) is 2. The highest BCUT2D eigenvalue weighted by Gasteiger charge is 2.29. The van der Waals surface area contributed by atoms with Crippen LogP contribution in [0.3, 0.4) is 0 Å². The van der Waals surface area contributed by atoms with Crippen molar-refractivity contribution < 1.29 is 24.6 Å². The van der Waals surface area contributed by atoms with E-state index in [1.54, 1.807) is 6.92 Å². The van der Waals surface area contributed by atoms with Gasteiger partial charge in [-0.25, -0.2) is 4.79 Å². The molecule has 108 valence electrons. The molecule has 0 aliphatic heterocycles. The molecule has 1 aromatic rings. The Morgan fingerprint density at radius 3 is 2.30 bits per heavy atom. The van der Waals surface area contributed by atoms with E-state index in [-0.39, 0.29) is 24.9 Å². The Balaban J connectivity index is 3.00. The molecule has 7 heteroatoms. The van der Waals surface area contributed by atoms with Crippen LogP contribution in [-0.4, -0.2) is 50.5 Å². The fourth-order valence-corrected chi connectivity index (χ4v) is 1.80. The topological polar surface area (TPSA) is 108 Å². The predicted molar refractivity (Wildman–Crippen MR) is 69.2 cm³/mol. The maximum Gasteiger partial charge on any atom is 0.326 e. The van der Waals surface area contributed by atoms with E-state index in [1.807, 2.05) is 0 Å². The molecule has 20 heavy (non-hydrogen) atoms. The van der Waals surface area contributed by atoms with Crippen molar-refractivity contribution in [2.24, 2.45) is 0 Å². The quantitative estimate of drug-likeness (QED) is 0.767. The van der Waals surface area contributed by atoms with Gasteiger partial charge in [-0.1, -0.05) is 6.92 Å². The number of hydrogen-bond acceptors (Lipinski definition) is 4. The Bertz CT molecular complexity index is 489. The van der Waals surface area contributed by atoms with Gasteiger partial charge < -0.3 is 15.1 Å². The summed E-state index contributed by atoms with van der Waals surface area (Å²) >= 11 is 0. The summed E-state index contributed by atoms with van der Waals surface area (Å²) < 4.78 is 0. The lowest BCUT2D eigenvalue weighted by Gasteiger charge is -2.27. The zero-order valence-electron chi connectivity index (χ0n) is 11.0. The van der Waals surface area contributed by atoms with Crippen LogP contribution < -0.4 is 0 Å². The molecular weight excluding hydrogens is 264 g/mol. The maximum atomic E-state index is 12.3. The minimum Gasteiger partial charge on any atom is -0.481 e. The zero-order chi connectivity index (χ0) is 15.1. The van der Waals surface area contributed by atoms with Crippen LogP contribution in [0.1, 0.15) is 30.1 Å². The van der Waals surface area contributed by atoms with Crippen molar-refractivity contribution in [2.75, 3.05) is 6.54 Å². The standard InChI is InChI=1S/C13H16N2O5/c1-2-10(13(19)20)15(8-5-11(16)17)12(18)9-3-6-14-7-4-9/h3-4,6-7,10H,2,5,8H2,1H3,(H,16,17)(H,19,20). The first kappa shape index (κ1) is 15.6. The minimum atomic E-state index is -1.15. The number of amides is 1. The van der Waals surface area contributed by atoms with Crippen molar-refractivity contribution in [2.45, 2.75) is 25.8 Å². The second-order valence-corrected chi connectivity index (χ2v) is 4.14. The van der Waals surface area contributed by atoms with Crippen LogP contribution in [0.4, 0.5) is 0 Å². The first-order valence-electron chi connectivity index (χ1n) is 6.13. The first-order valence-corrected chi connectivity index (χ1v) is 6.13. The van der Waals surface area contributed by atoms with Crippen LogP contribution in [0.5, 0.6) is 0 Å². The molecular formula is C13H16N2O5.